The number of carboxylic acid groups (broad SMARTS) is 1. The quantitative estimate of drug-likeness (QED) is 0.440. The van der Waals surface area contributed by atoms with Gasteiger partial charge < -0.3 is 19.9 Å². The highest BCUT2D eigenvalue weighted by Gasteiger charge is 2.18. The fourth-order valence-electron chi connectivity index (χ4n) is 3.25. The summed E-state index contributed by atoms with van der Waals surface area (Å²) in [5.74, 6) is -0.609. The van der Waals surface area contributed by atoms with Crippen LogP contribution in [0.5, 0.6) is 11.5 Å². The Morgan fingerprint density at radius 2 is 1.81 bits per heavy atom. The van der Waals surface area contributed by atoms with Gasteiger partial charge in [-0.3, -0.25) is 9.78 Å². The number of hydrogen-bond acceptors (Lipinski definition) is 5. The lowest BCUT2D eigenvalue weighted by atomic mass is 10.1. The smallest absolute Gasteiger partial charge is 0.337 e. The molecule has 0 fully saturated rings. The fraction of sp³-hybridized carbons (Fsp3) is 0.0800. The maximum Gasteiger partial charge on any atom is 0.337 e. The summed E-state index contributed by atoms with van der Waals surface area (Å²) in [6.45, 7) is 0.285. The Kier molecular flexibility index (Phi) is 5.98. The van der Waals surface area contributed by atoms with Gasteiger partial charge in [-0.15, -0.1) is 0 Å². The Balaban J connectivity index is 1.58. The number of anilines is 1. The molecule has 7 nitrogen and oxygen atoms in total. The number of amides is 1. The van der Waals surface area contributed by atoms with Crippen molar-refractivity contribution in [3.05, 3.63) is 95.7 Å². The largest absolute Gasteiger partial charge is 0.493 e. The predicted octanol–water partition coefficient (Wildman–Crippen LogP) is 4.77. The van der Waals surface area contributed by atoms with E-state index in [0.717, 1.165) is 5.56 Å². The molecule has 0 aliphatic heterocycles. The van der Waals surface area contributed by atoms with Gasteiger partial charge in [-0.1, -0.05) is 42.5 Å². The van der Waals surface area contributed by atoms with E-state index in [2.05, 4.69) is 10.3 Å². The molecule has 0 spiro atoms. The van der Waals surface area contributed by atoms with Crippen molar-refractivity contribution in [2.75, 3.05) is 12.4 Å². The second kappa shape index (κ2) is 9.18. The van der Waals surface area contributed by atoms with Crippen LogP contribution in [0.25, 0.3) is 10.9 Å². The molecule has 160 valence electrons. The first kappa shape index (κ1) is 20.9. The Bertz CT molecular complexity index is 1290. The van der Waals surface area contributed by atoms with Crippen LogP contribution in [0.2, 0.25) is 0 Å². The first-order valence-corrected chi connectivity index (χ1v) is 9.83. The topological polar surface area (TPSA) is 97.8 Å². The van der Waals surface area contributed by atoms with Gasteiger partial charge in [0.05, 0.1) is 23.8 Å². The number of pyridine rings is 1. The molecule has 0 aliphatic rings. The van der Waals surface area contributed by atoms with E-state index in [-0.39, 0.29) is 18.1 Å². The number of carbonyl (C=O) groups is 2. The van der Waals surface area contributed by atoms with E-state index in [4.69, 9.17) is 14.6 Å². The number of methoxy groups -OCH3 is 1. The molecule has 3 aromatic carbocycles. The van der Waals surface area contributed by atoms with Crippen LogP contribution in [0, 0.1) is 0 Å². The lowest BCUT2D eigenvalue weighted by molar-refractivity contribution is 0.0696. The van der Waals surface area contributed by atoms with Crippen LogP contribution in [0.15, 0.2) is 79.0 Å². The maximum absolute atomic E-state index is 13.0. The number of hydrogen-bond donors (Lipinski definition) is 2. The highest BCUT2D eigenvalue weighted by molar-refractivity contribution is 6.07. The third kappa shape index (κ3) is 4.52. The predicted molar refractivity (Wildman–Crippen MR) is 120 cm³/mol. The number of aromatic carboxylic acids is 1. The number of para-hydroxylation sites is 1. The molecule has 32 heavy (non-hydrogen) atoms. The molecule has 0 radical (unpaired) electrons. The zero-order valence-electron chi connectivity index (χ0n) is 17.2. The molecule has 0 unspecified atom stereocenters. The molecule has 0 saturated heterocycles. The van der Waals surface area contributed by atoms with Gasteiger partial charge in [0.15, 0.2) is 11.5 Å². The minimum atomic E-state index is -1.04. The molecule has 1 amide bonds. The Morgan fingerprint density at radius 3 is 2.56 bits per heavy atom. The van der Waals surface area contributed by atoms with Crippen LogP contribution < -0.4 is 14.8 Å². The van der Waals surface area contributed by atoms with Crippen molar-refractivity contribution < 1.29 is 24.2 Å². The fourth-order valence-corrected chi connectivity index (χ4v) is 3.25. The van der Waals surface area contributed by atoms with E-state index in [1.54, 1.807) is 36.4 Å². The summed E-state index contributed by atoms with van der Waals surface area (Å²) >= 11 is 0. The second-order valence-corrected chi connectivity index (χ2v) is 7.00. The average Bonchev–Trinajstić information content (AvgIpc) is 2.82. The zero-order valence-corrected chi connectivity index (χ0v) is 17.2. The van der Waals surface area contributed by atoms with Gasteiger partial charge in [-0.2, -0.15) is 0 Å². The summed E-state index contributed by atoms with van der Waals surface area (Å²) in [5, 5.41) is 12.6. The molecule has 0 atom stereocenters. The summed E-state index contributed by atoms with van der Waals surface area (Å²) in [5.41, 5.74) is 2.49. The first-order chi connectivity index (χ1) is 15.5. The van der Waals surface area contributed by atoms with Gasteiger partial charge in [0, 0.05) is 17.3 Å². The number of carboxylic acids is 1. The van der Waals surface area contributed by atoms with Crippen molar-refractivity contribution in [3.8, 4) is 11.5 Å². The lowest BCUT2D eigenvalue weighted by Crippen LogP contribution is -2.14. The van der Waals surface area contributed by atoms with Crippen molar-refractivity contribution in [1.29, 1.82) is 0 Å². The van der Waals surface area contributed by atoms with Gasteiger partial charge >= 0.3 is 5.97 Å². The molecule has 0 saturated carbocycles. The summed E-state index contributed by atoms with van der Waals surface area (Å²) in [6.07, 6.45) is 1.29. The number of nitrogens with zero attached hydrogens (tertiary/aromatic N) is 1. The monoisotopic (exact) mass is 428 g/mol. The Hall–Kier alpha value is -4.39. The van der Waals surface area contributed by atoms with Crippen molar-refractivity contribution in [3.63, 3.8) is 0 Å². The third-order valence-electron chi connectivity index (χ3n) is 4.86. The molecule has 2 N–H and O–H groups in total. The maximum atomic E-state index is 13.0. The van der Waals surface area contributed by atoms with Crippen LogP contribution in [0.1, 0.15) is 26.3 Å². The van der Waals surface area contributed by atoms with Gasteiger partial charge in [-0.05, 0) is 35.9 Å². The molecule has 1 aromatic heterocycles. The van der Waals surface area contributed by atoms with Crippen LogP contribution in [0.4, 0.5) is 5.69 Å². The van der Waals surface area contributed by atoms with Gasteiger partial charge in [0.2, 0.25) is 0 Å². The van der Waals surface area contributed by atoms with Crippen LogP contribution in [0.3, 0.4) is 0 Å². The van der Waals surface area contributed by atoms with Crippen molar-refractivity contribution >= 4 is 28.5 Å². The lowest BCUT2D eigenvalue weighted by Gasteiger charge is -2.15. The molecule has 4 rings (SSSR count). The Labute approximate surface area is 184 Å². The van der Waals surface area contributed by atoms with Gasteiger partial charge in [0.1, 0.15) is 6.61 Å². The molecular weight excluding hydrogens is 408 g/mol. The summed E-state index contributed by atoms with van der Waals surface area (Å²) in [7, 11) is 1.52. The summed E-state index contributed by atoms with van der Waals surface area (Å²) in [6, 6.07) is 21.4. The number of rotatable bonds is 7. The summed E-state index contributed by atoms with van der Waals surface area (Å²) < 4.78 is 11.4. The average molecular weight is 428 g/mol. The molecular formula is C25H20N2O5. The van der Waals surface area contributed by atoms with E-state index >= 15 is 0 Å². The van der Waals surface area contributed by atoms with Crippen LogP contribution >= 0.6 is 0 Å². The minimum absolute atomic E-state index is 0.103. The van der Waals surface area contributed by atoms with E-state index in [1.165, 1.54) is 19.4 Å². The molecule has 4 aromatic rings. The minimum Gasteiger partial charge on any atom is -0.493 e. The van der Waals surface area contributed by atoms with Crippen LogP contribution in [-0.2, 0) is 6.61 Å². The normalized spacial score (nSPS) is 10.5. The highest BCUT2D eigenvalue weighted by Crippen LogP contribution is 2.32. The third-order valence-corrected chi connectivity index (χ3v) is 4.86. The van der Waals surface area contributed by atoms with Crippen molar-refractivity contribution in [2.45, 2.75) is 6.61 Å². The molecule has 0 bridgehead atoms. The zero-order chi connectivity index (χ0) is 22.5. The number of fused-ring (bicyclic) bond motifs is 1. The van der Waals surface area contributed by atoms with Gasteiger partial charge in [0.25, 0.3) is 5.91 Å². The number of nitrogens with one attached hydrogen (secondary N) is 1. The van der Waals surface area contributed by atoms with Crippen molar-refractivity contribution in [1.82, 2.24) is 4.98 Å². The molecule has 0 aliphatic carbocycles. The van der Waals surface area contributed by atoms with Crippen LogP contribution in [-0.4, -0.2) is 29.1 Å². The van der Waals surface area contributed by atoms with E-state index in [1.807, 2.05) is 30.3 Å². The number of carbonyl (C=O) groups excluding carboxylic acids is 1. The standard InChI is InChI=1S/C25H20N2O5/c1-31-22-9-5-8-20(23(22)32-15-16-6-3-2-4-7-16)24(28)27-19-11-10-17-12-18(25(29)30)14-26-21(17)13-19/h2-14H,15H2,1H3,(H,27,28)(H,29,30). The highest BCUT2D eigenvalue weighted by atomic mass is 16.5. The number of aromatic nitrogens is 1. The van der Waals surface area contributed by atoms with E-state index in [9.17, 15) is 9.59 Å². The SMILES string of the molecule is COc1cccc(C(=O)Nc2ccc3cc(C(=O)O)cnc3c2)c1OCc1ccccc1. The summed E-state index contributed by atoms with van der Waals surface area (Å²) in [4.78, 5) is 28.3. The second-order valence-electron chi connectivity index (χ2n) is 7.00. The van der Waals surface area contributed by atoms with E-state index in [0.29, 0.717) is 33.7 Å². The Morgan fingerprint density at radius 1 is 1.00 bits per heavy atom. The number of ether oxygens (including phenoxy) is 2. The molecule has 7 heteroatoms. The number of benzene rings is 3. The van der Waals surface area contributed by atoms with Gasteiger partial charge in [-0.25, -0.2) is 4.79 Å². The first-order valence-electron chi connectivity index (χ1n) is 9.83. The van der Waals surface area contributed by atoms with E-state index < -0.39 is 5.97 Å². The van der Waals surface area contributed by atoms with Crippen molar-refractivity contribution in [2.24, 2.45) is 0 Å². The molecule has 1 heterocycles.